The molecule has 1 N–H and O–H groups in total. The molecule has 102 valence electrons. The highest BCUT2D eigenvalue weighted by Gasteiger charge is 2.04. The van der Waals surface area contributed by atoms with E-state index in [9.17, 15) is 0 Å². The zero-order valence-electron chi connectivity index (χ0n) is 11.9. The summed E-state index contributed by atoms with van der Waals surface area (Å²) in [6.07, 6.45) is 2.14. The molecule has 0 amide bonds. The van der Waals surface area contributed by atoms with Crippen molar-refractivity contribution in [3.63, 3.8) is 0 Å². The van der Waals surface area contributed by atoms with Crippen LogP contribution in [0.4, 0.5) is 0 Å². The SMILES string of the molecule is CNCc1ccc2c(ccn2Cc2cccc(C)n2)c1. The molecule has 0 radical (unpaired) electrons. The van der Waals surface area contributed by atoms with Gasteiger partial charge in [-0.1, -0.05) is 12.1 Å². The second-order valence-electron chi connectivity index (χ2n) is 5.14. The minimum absolute atomic E-state index is 0.816. The predicted molar refractivity (Wildman–Crippen MR) is 82.8 cm³/mol. The first-order chi connectivity index (χ1) is 9.76. The first kappa shape index (κ1) is 12.9. The lowest BCUT2D eigenvalue weighted by Crippen LogP contribution is -2.05. The number of pyridine rings is 1. The van der Waals surface area contributed by atoms with Crippen molar-refractivity contribution in [1.29, 1.82) is 0 Å². The highest BCUT2D eigenvalue weighted by molar-refractivity contribution is 5.81. The van der Waals surface area contributed by atoms with Gasteiger partial charge in [0.25, 0.3) is 0 Å². The van der Waals surface area contributed by atoms with Gasteiger partial charge in [-0.2, -0.15) is 0 Å². The zero-order valence-corrected chi connectivity index (χ0v) is 11.9. The summed E-state index contributed by atoms with van der Waals surface area (Å²) in [7, 11) is 1.97. The Hall–Kier alpha value is -2.13. The second kappa shape index (κ2) is 5.47. The van der Waals surface area contributed by atoms with Gasteiger partial charge < -0.3 is 9.88 Å². The third-order valence-corrected chi connectivity index (χ3v) is 3.49. The van der Waals surface area contributed by atoms with Gasteiger partial charge in [0.1, 0.15) is 0 Å². The molecule has 3 nitrogen and oxygen atoms in total. The fourth-order valence-corrected chi connectivity index (χ4v) is 2.56. The van der Waals surface area contributed by atoms with Gasteiger partial charge >= 0.3 is 0 Å². The van der Waals surface area contributed by atoms with Gasteiger partial charge in [0.15, 0.2) is 0 Å². The van der Waals surface area contributed by atoms with Crippen LogP contribution in [0.25, 0.3) is 10.9 Å². The van der Waals surface area contributed by atoms with E-state index in [0.717, 1.165) is 24.5 Å². The van der Waals surface area contributed by atoms with Gasteiger partial charge in [0.05, 0.1) is 12.2 Å². The summed E-state index contributed by atoms with van der Waals surface area (Å²) in [6.45, 7) is 3.75. The summed E-state index contributed by atoms with van der Waals surface area (Å²) >= 11 is 0. The number of hydrogen-bond acceptors (Lipinski definition) is 2. The number of nitrogens with zero attached hydrogens (tertiary/aromatic N) is 2. The Morgan fingerprint density at radius 3 is 2.85 bits per heavy atom. The standard InChI is InChI=1S/C17H19N3/c1-13-4-3-5-16(19-13)12-20-9-8-15-10-14(11-18-2)6-7-17(15)20/h3-10,18H,11-12H2,1-2H3. The van der Waals surface area contributed by atoms with Crippen LogP contribution in [0.5, 0.6) is 0 Å². The lowest BCUT2D eigenvalue weighted by atomic mass is 10.1. The van der Waals surface area contributed by atoms with Crippen molar-refractivity contribution in [1.82, 2.24) is 14.9 Å². The van der Waals surface area contributed by atoms with Gasteiger partial charge in [-0.25, -0.2) is 0 Å². The highest BCUT2D eigenvalue weighted by atomic mass is 15.0. The van der Waals surface area contributed by atoms with Gasteiger partial charge in [-0.05, 0) is 55.3 Å². The molecule has 0 fully saturated rings. The molecule has 0 atom stereocenters. The molecule has 0 unspecified atom stereocenters. The van der Waals surface area contributed by atoms with Crippen molar-refractivity contribution in [2.75, 3.05) is 7.05 Å². The van der Waals surface area contributed by atoms with E-state index >= 15 is 0 Å². The van der Waals surface area contributed by atoms with Crippen LogP contribution in [0.2, 0.25) is 0 Å². The van der Waals surface area contributed by atoms with Gasteiger partial charge in [-0.3, -0.25) is 4.98 Å². The molecule has 0 saturated heterocycles. The highest BCUT2D eigenvalue weighted by Crippen LogP contribution is 2.18. The number of benzene rings is 1. The number of nitrogens with one attached hydrogen (secondary N) is 1. The predicted octanol–water partition coefficient (Wildman–Crippen LogP) is 3.11. The maximum atomic E-state index is 4.57. The van der Waals surface area contributed by atoms with Crippen molar-refractivity contribution in [2.24, 2.45) is 0 Å². The third-order valence-electron chi connectivity index (χ3n) is 3.49. The van der Waals surface area contributed by atoms with Crippen LogP contribution in [0.1, 0.15) is 17.0 Å². The van der Waals surface area contributed by atoms with E-state index in [4.69, 9.17) is 0 Å². The van der Waals surface area contributed by atoms with Gasteiger partial charge in [0, 0.05) is 24.0 Å². The maximum Gasteiger partial charge on any atom is 0.0648 e. The van der Waals surface area contributed by atoms with E-state index in [2.05, 4.69) is 57.5 Å². The molecule has 3 heteroatoms. The Bertz CT molecular complexity index is 728. The fraction of sp³-hybridized carbons (Fsp3) is 0.235. The number of aryl methyl sites for hydroxylation is 1. The van der Waals surface area contributed by atoms with Crippen LogP contribution >= 0.6 is 0 Å². The molecule has 3 aromatic rings. The number of aromatic nitrogens is 2. The Morgan fingerprint density at radius 1 is 1.15 bits per heavy atom. The topological polar surface area (TPSA) is 29.9 Å². The lowest BCUT2D eigenvalue weighted by Gasteiger charge is -2.07. The summed E-state index contributed by atoms with van der Waals surface area (Å²) in [5, 5.41) is 4.47. The molecule has 0 aliphatic carbocycles. The molecule has 1 aromatic carbocycles. The largest absolute Gasteiger partial charge is 0.341 e. The van der Waals surface area contributed by atoms with Gasteiger partial charge in [0.2, 0.25) is 0 Å². The Balaban J connectivity index is 1.92. The minimum Gasteiger partial charge on any atom is -0.341 e. The summed E-state index contributed by atoms with van der Waals surface area (Å²) in [4.78, 5) is 4.57. The van der Waals surface area contributed by atoms with Crippen molar-refractivity contribution in [3.8, 4) is 0 Å². The first-order valence-corrected chi connectivity index (χ1v) is 6.91. The average Bonchev–Trinajstić information content (AvgIpc) is 2.82. The Labute approximate surface area is 119 Å². The maximum absolute atomic E-state index is 4.57. The van der Waals surface area contributed by atoms with Crippen LogP contribution in [0.3, 0.4) is 0 Å². The molecule has 0 bridgehead atoms. The molecule has 0 spiro atoms. The molecule has 0 aliphatic rings. The van der Waals surface area contributed by atoms with Crippen LogP contribution in [0, 0.1) is 6.92 Å². The van der Waals surface area contributed by atoms with Crippen LogP contribution < -0.4 is 5.32 Å². The van der Waals surface area contributed by atoms with Crippen molar-refractivity contribution in [2.45, 2.75) is 20.0 Å². The molecular weight excluding hydrogens is 246 g/mol. The molecule has 0 saturated carbocycles. The van der Waals surface area contributed by atoms with E-state index in [-0.39, 0.29) is 0 Å². The minimum atomic E-state index is 0.816. The van der Waals surface area contributed by atoms with E-state index in [0.29, 0.717) is 0 Å². The monoisotopic (exact) mass is 265 g/mol. The average molecular weight is 265 g/mol. The lowest BCUT2D eigenvalue weighted by molar-refractivity contribution is 0.801. The van der Waals surface area contributed by atoms with E-state index < -0.39 is 0 Å². The van der Waals surface area contributed by atoms with Crippen molar-refractivity contribution in [3.05, 3.63) is 65.6 Å². The summed E-state index contributed by atoms with van der Waals surface area (Å²) in [5.74, 6) is 0. The van der Waals surface area contributed by atoms with E-state index in [1.54, 1.807) is 0 Å². The Morgan fingerprint density at radius 2 is 2.05 bits per heavy atom. The molecule has 3 rings (SSSR count). The summed E-state index contributed by atoms with van der Waals surface area (Å²) in [6, 6.07) is 15.0. The van der Waals surface area contributed by atoms with Crippen LogP contribution in [0.15, 0.2) is 48.7 Å². The Kier molecular flexibility index (Phi) is 3.52. The second-order valence-corrected chi connectivity index (χ2v) is 5.14. The molecule has 0 aliphatic heterocycles. The number of hydrogen-bond donors (Lipinski definition) is 1. The smallest absolute Gasteiger partial charge is 0.0648 e. The molecule has 2 aromatic heterocycles. The van der Waals surface area contributed by atoms with E-state index in [1.165, 1.54) is 16.5 Å². The number of rotatable bonds is 4. The van der Waals surface area contributed by atoms with Gasteiger partial charge in [-0.15, -0.1) is 0 Å². The third kappa shape index (κ3) is 2.58. The number of fused-ring (bicyclic) bond motifs is 1. The first-order valence-electron chi connectivity index (χ1n) is 6.91. The normalized spacial score (nSPS) is 11.1. The zero-order chi connectivity index (χ0) is 13.9. The quantitative estimate of drug-likeness (QED) is 0.785. The van der Waals surface area contributed by atoms with Crippen LogP contribution in [-0.2, 0) is 13.1 Å². The molecular formula is C17H19N3. The summed E-state index contributed by atoms with van der Waals surface area (Å²) < 4.78 is 2.25. The van der Waals surface area contributed by atoms with Crippen molar-refractivity contribution < 1.29 is 0 Å². The molecule has 20 heavy (non-hydrogen) atoms. The van der Waals surface area contributed by atoms with Crippen molar-refractivity contribution >= 4 is 10.9 Å². The fourth-order valence-electron chi connectivity index (χ4n) is 2.56. The molecule has 2 heterocycles. The summed E-state index contributed by atoms with van der Waals surface area (Å²) in [5.41, 5.74) is 4.73. The van der Waals surface area contributed by atoms with E-state index in [1.807, 2.05) is 20.0 Å². The van der Waals surface area contributed by atoms with Crippen LogP contribution in [-0.4, -0.2) is 16.6 Å².